The van der Waals surface area contributed by atoms with Crippen LogP contribution in [-0.2, 0) is 14.3 Å². The van der Waals surface area contributed by atoms with Gasteiger partial charge in [-0.3, -0.25) is 9.59 Å². The SMILES string of the molecule is COCCCCCN1C(=O)C(C)(C)NC(=O)C1C(C)C. The van der Waals surface area contributed by atoms with Gasteiger partial charge in [-0.2, -0.15) is 0 Å². The van der Waals surface area contributed by atoms with Crippen LogP contribution in [0.2, 0.25) is 0 Å². The zero-order valence-corrected chi connectivity index (χ0v) is 13.4. The fourth-order valence-electron chi connectivity index (χ4n) is 2.67. The molecule has 0 aromatic heterocycles. The van der Waals surface area contributed by atoms with E-state index in [4.69, 9.17) is 4.74 Å². The van der Waals surface area contributed by atoms with Crippen molar-refractivity contribution >= 4 is 11.8 Å². The third kappa shape index (κ3) is 3.95. The summed E-state index contributed by atoms with van der Waals surface area (Å²) in [5.41, 5.74) is -0.797. The molecule has 0 aromatic carbocycles. The molecule has 1 fully saturated rings. The van der Waals surface area contributed by atoms with Gasteiger partial charge in [-0.25, -0.2) is 0 Å². The molecule has 0 saturated carbocycles. The molecule has 0 spiro atoms. The van der Waals surface area contributed by atoms with Crippen LogP contribution >= 0.6 is 0 Å². The lowest BCUT2D eigenvalue weighted by atomic mass is 9.91. The Morgan fingerprint density at radius 2 is 1.90 bits per heavy atom. The largest absolute Gasteiger partial charge is 0.385 e. The first-order valence-corrected chi connectivity index (χ1v) is 7.43. The highest BCUT2D eigenvalue weighted by Crippen LogP contribution is 2.23. The number of nitrogens with one attached hydrogen (secondary N) is 1. The van der Waals surface area contributed by atoms with Crippen molar-refractivity contribution in [1.82, 2.24) is 10.2 Å². The second kappa shape index (κ2) is 7.07. The Hall–Kier alpha value is -1.10. The molecule has 1 rings (SSSR count). The fraction of sp³-hybridized carbons (Fsp3) is 0.867. The van der Waals surface area contributed by atoms with Gasteiger partial charge in [0.25, 0.3) is 0 Å². The van der Waals surface area contributed by atoms with E-state index in [1.165, 1.54) is 0 Å². The second-order valence-electron chi connectivity index (χ2n) is 6.36. The number of methoxy groups -OCH3 is 1. The van der Waals surface area contributed by atoms with Gasteiger partial charge in [-0.05, 0) is 39.0 Å². The number of unbranched alkanes of at least 4 members (excludes halogenated alkanes) is 2. The highest BCUT2D eigenvalue weighted by atomic mass is 16.5. The normalized spacial score (nSPS) is 22.3. The van der Waals surface area contributed by atoms with Crippen molar-refractivity contribution in [3.8, 4) is 0 Å². The standard InChI is InChI=1S/C15H28N2O3/c1-11(2)12-13(18)16-15(3,4)14(19)17(12)9-7-6-8-10-20-5/h11-12H,6-10H2,1-5H3,(H,16,18). The van der Waals surface area contributed by atoms with E-state index in [0.29, 0.717) is 6.54 Å². The smallest absolute Gasteiger partial charge is 0.248 e. The molecule has 1 heterocycles. The summed E-state index contributed by atoms with van der Waals surface area (Å²) in [7, 11) is 1.69. The maximum absolute atomic E-state index is 12.5. The number of hydrogen-bond donors (Lipinski definition) is 1. The first-order chi connectivity index (χ1) is 9.31. The zero-order chi connectivity index (χ0) is 15.3. The summed E-state index contributed by atoms with van der Waals surface area (Å²) in [4.78, 5) is 26.5. The van der Waals surface area contributed by atoms with Crippen LogP contribution in [0.3, 0.4) is 0 Å². The van der Waals surface area contributed by atoms with E-state index in [0.717, 1.165) is 25.9 Å². The molecule has 1 aliphatic rings. The number of nitrogens with zero attached hydrogens (tertiary/aromatic N) is 1. The molecule has 5 heteroatoms. The monoisotopic (exact) mass is 284 g/mol. The van der Waals surface area contributed by atoms with Gasteiger partial charge in [0.2, 0.25) is 11.8 Å². The molecule has 1 aliphatic heterocycles. The number of piperazine rings is 1. The van der Waals surface area contributed by atoms with Crippen LogP contribution in [0.15, 0.2) is 0 Å². The minimum Gasteiger partial charge on any atom is -0.385 e. The van der Waals surface area contributed by atoms with E-state index in [2.05, 4.69) is 5.32 Å². The molecule has 2 amide bonds. The third-order valence-corrected chi connectivity index (χ3v) is 3.71. The molecule has 116 valence electrons. The van der Waals surface area contributed by atoms with Gasteiger partial charge >= 0.3 is 0 Å². The fourth-order valence-corrected chi connectivity index (χ4v) is 2.67. The minimum absolute atomic E-state index is 0.0162. The van der Waals surface area contributed by atoms with E-state index >= 15 is 0 Å². The highest BCUT2D eigenvalue weighted by molar-refractivity contribution is 5.99. The Kier molecular flexibility index (Phi) is 5.99. The first kappa shape index (κ1) is 17.0. The molecule has 1 atom stereocenters. The van der Waals surface area contributed by atoms with Gasteiger partial charge in [0.05, 0.1) is 0 Å². The Bertz CT molecular complexity index is 353. The zero-order valence-electron chi connectivity index (χ0n) is 13.4. The average Bonchev–Trinajstić information content (AvgIpc) is 2.33. The van der Waals surface area contributed by atoms with Crippen LogP contribution in [0, 0.1) is 5.92 Å². The summed E-state index contributed by atoms with van der Waals surface area (Å²) in [6.07, 6.45) is 2.90. The van der Waals surface area contributed by atoms with Crippen molar-refractivity contribution in [1.29, 1.82) is 0 Å². The van der Waals surface area contributed by atoms with Gasteiger partial charge in [0.1, 0.15) is 11.6 Å². The van der Waals surface area contributed by atoms with Crippen LogP contribution in [0.5, 0.6) is 0 Å². The third-order valence-electron chi connectivity index (χ3n) is 3.71. The van der Waals surface area contributed by atoms with E-state index in [9.17, 15) is 9.59 Å². The predicted molar refractivity (Wildman–Crippen MR) is 78.3 cm³/mol. The predicted octanol–water partition coefficient (Wildman–Crippen LogP) is 1.56. The van der Waals surface area contributed by atoms with E-state index in [1.807, 2.05) is 13.8 Å². The quantitative estimate of drug-likeness (QED) is 0.722. The average molecular weight is 284 g/mol. The molecule has 20 heavy (non-hydrogen) atoms. The van der Waals surface area contributed by atoms with Gasteiger partial charge in [0.15, 0.2) is 0 Å². The van der Waals surface area contributed by atoms with Gasteiger partial charge < -0.3 is 15.0 Å². The molecular weight excluding hydrogens is 256 g/mol. The van der Waals surface area contributed by atoms with E-state index in [1.54, 1.807) is 25.9 Å². The number of carbonyl (C=O) groups is 2. The van der Waals surface area contributed by atoms with Crippen molar-refractivity contribution in [2.45, 2.75) is 58.5 Å². The molecule has 0 bridgehead atoms. The molecule has 1 unspecified atom stereocenters. The molecule has 0 radical (unpaired) electrons. The molecule has 1 N–H and O–H groups in total. The first-order valence-electron chi connectivity index (χ1n) is 7.43. The summed E-state index contributed by atoms with van der Waals surface area (Å²) >= 11 is 0. The Labute approximate surface area is 122 Å². The molecule has 5 nitrogen and oxygen atoms in total. The number of amides is 2. The number of rotatable bonds is 7. The van der Waals surface area contributed by atoms with Crippen LogP contribution in [-0.4, -0.2) is 48.6 Å². The Balaban J connectivity index is 2.69. The van der Waals surface area contributed by atoms with Gasteiger partial charge in [-0.15, -0.1) is 0 Å². The molecular formula is C15H28N2O3. The molecule has 0 aliphatic carbocycles. The topological polar surface area (TPSA) is 58.6 Å². The van der Waals surface area contributed by atoms with Crippen molar-refractivity contribution in [3.05, 3.63) is 0 Å². The summed E-state index contributed by atoms with van der Waals surface area (Å²) in [5, 5.41) is 2.83. The van der Waals surface area contributed by atoms with Gasteiger partial charge in [0, 0.05) is 20.3 Å². The summed E-state index contributed by atoms with van der Waals surface area (Å²) in [6.45, 7) is 8.88. The summed E-state index contributed by atoms with van der Waals surface area (Å²) in [5.74, 6) is 0.0954. The maximum atomic E-state index is 12.5. The minimum atomic E-state index is -0.797. The van der Waals surface area contributed by atoms with Crippen molar-refractivity contribution < 1.29 is 14.3 Å². The molecule has 1 saturated heterocycles. The maximum Gasteiger partial charge on any atom is 0.248 e. The summed E-state index contributed by atoms with van der Waals surface area (Å²) in [6, 6.07) is -0.349. The van der Waals surface area contributed by atoms with Crippen LogP contribution in [0.1, 0.15) is 47.0 Å². The van der Waals surface area contributed by atoms with Crippen molar-refractivity contribution in [2.75, 3.05) is 20.3 Å². The Morgan fingerprint density at radius 1 is 1.25 bits per heavy atom. The summed E-state index contributed by atoms with van der Waals surface area (Å²) < 4.78 is 5.02. The van der Waals surface area contributed by atoms with Crippen LogP contribution in [0.25, 0.3) is 0 Å². The highest BCUT2D eigenvalue weighted by Gasteiger charge is 2.45. The van der Waals surface area contributed by atoms with E-state index in [-0.39, 0.29) is 23.8 Å². The second-order valence-corrected chi connectivity index (χ2v) is 6.36. The number of ether oxygens (including phenoxy) is 1. The lowest BCUT2D eigenvalue weighted by Gasteiger charge is -2.44. The molecule has 0 aromatic rings. The number of carbonyl (C=O) groups excluding carboxylic acids is 2. The number of hydrogen-bond acceptors (Lipinski definition) is 3. The van der Waals surface area contributed by atoms with Gasteiger partial charge in [-0.1, -0.05) is 13.8 Å². The lowest BCUT2D eigenvalue weighted by molar-refractivity contribution is -0.155. The van der Waals surface area contributed by atoms with E-state index < -0.39 is 5.54 Å². The Morgan fingerprint density at radius 3 is 2.45 bits per heavy atom. The lowest BCUT2D eigenvalue weighted by Crippen LogP contribution is -2.69. The van der Waals surface area contributed by atoms with Crippen molar-refractivity contribution in [3.63, 3.8) is 0 Å². The van der Waals surface area contributed by atoms with Crippen LogP contribution < -0.4 is 5.32 Å². The van der Waals surface area contributed by atoms with Crippen LogP contribution in [0.4, 0.5) is 0 Å². The van der Waals surface area contributed by atoms with Crippen molar-refractivity contribution in [2.24, 2.45) is 5.92 Å².